The predicted molar refractivity (Wildman–Crippen MR) is 50.1 cm³/mol. The van der Waals surface area contributed by atoms with Crippen LogP contribution in [0, 0.1) is 0 Å². The van der Waals surface area contributed by atoms with Gasteiger partial charge in [-0.05, 0) is 42.5 Å². The number of hydrogen-bond donors (Lipinski definition) is 0. The zero-order chi connectivity index (χ0) is 11.1. The van der Waals surface area contributed by atoms with E-state index >= 15 is 0 Å². The summed E-state index contributed by atoms with van der Waals surface area (Å²) in [6.45, 7) is 0. The maximum Gasteiger partial charge on any atom is 0.573 e. The molecule has 1 aliphatic rings. The Bertz CT molecular complexity index is 371. The molecular formula is C10H8ClF3O. The van der Waals surface area contributed by atoms with E-state index in [4.69, 9.17) is 11.6 Å². The maximum absolute atomic E-state index is 11.9. The van der Waals surface area contributed by atoms with E-state index in [0.29, 0.717) is 10.9 Å². The summed E-state index contributed by atoms with van der Waals surface area (Å²) in [4.78, 5) is 0. The van der Waals surface area contributed by atoms with Crippen molar-refractivity contribution in [1.82, 2.24) is 0 Å². The van der Waals surface area contributed by atoms with Crippen molar-refractivity contribution in [1.29, 1.82) is 0 Å². The van der Waals surface area contributed by atoms with E-state index in [2.05, 4.69) is 4.74 Å². The fourth-order valence-electron chi connectivity index (χ4n) is 1.43. The molecule has 1 saturated carbocycles. The molecule has 0 heterocycles. The standard InChI is InChI=1S/C10H8ClF3O/c11-9-4-3-7(15-10(12,13)14)5-8(9)6-1-2-6/h3-6H,1-2H2. The lowest BCUT2D eigenvalue weighted by molar-refractivity contribution is -0.274. The van der Waals surface area contributed by atoms with Crippen molar-refractivity contribution >= 4 is 11.6 Å². The Morgan fingerprint density at radius 2 is 1.93 bits per heavy atom. The van der Waals surface area contributed by atoms with Crippen LogP contribution in [0.25, 0.3) is 0 Å². The molecule has 0 bridgehead atoms. The fourth-order valence-corrected chi connectivity index (χ4v) is 1.70. The topological polar surface area (TPSA) is 9.23 Å². The molecule has 0 aromatic heterocycles. The lowest BCUT2D eigenvalue weighted by atomic mass is 10.1. The van der Waals surface area contributed by atoms with Gasteiger partial charge in [-0.25, -0.2) is 0 Å². The van der Waals surface area contributed by atoms with E-state index in [1.54, 1.807) is 0 Å². The Morgan fingerprint density at radius 3 is 2.47 bits per heavy atom. The molecule has 1 nitrogen and oxygen atoms in total. The zero-order valence-electron chi connectivity index (χ0n) is 7.64. The molecule has 0 saturated heterocycles. The molecule has 0 spiro atoms. The number of rotatable bonds is 2. The number of alkyl halides is 3. The molecule has 0 unspecified atom stereocenters. The van der Waals surface area contributed by atoms with Gasteiger partial charge in [-0.2, -0.15) is 0 Å². The zero-order valence-corrected chi connectivity index (χ0v) is 8.40. The summed E-state index contributed by atoms with van der Waals surface area (Å²) in [6.07, 6.45) is -2.68. The molecule has 1 aromatic carbocycles. The van der Waals surface area contributed by atoms with Crippen LogP contribution >= 0.6 is 11.6 Å². The average molecular weight is 237 g/mol. The predicted octanol–water partition coefficient (Wildman–Crippen LogP) is 4.12. The minimum absolute atomic E-state index is 0.200. The Morgan fingerprint density at radius 1 is 1.27 bits per heavy atom. The Hall–Kier alpha value is -0.900. The van der Waals surface area contributed by atoms with Crippen molar-refractivity contribution in [2.75, 3.05) is 0 Å². The second kappa shape index (κ2) is 3.59. The van der Waals surface area contributed by atoms with Gasteiger partial charge >= 0.3 is 6.36 Å². The largest absolute Gasteiger partial charge is 0.573 e. The van der Waals surface area contributed by atoms with Crippen LogP contribution in [-0.2, 0) is 0 Å². The summed E-state index contributed by atoms with van der Waals surface area (Å²) in [6, 6.07) is 4.03. The normalized spacial score (nSPS) is 16.5. The molecule has 0 N–H and O–H groups in total. The van der Waals surface area contributed by atoms with Crippen LogP contribution in [0.15, 0.2) is 18.2 Å². The highest BCUT2D eigenvalue weighted by molar-refractivity contribution is 6.31. The smallest absolute Gasteiger partial charge is 0.406 e. The lowest BCUT2D eigenvalue weighted by Crippen LogP contribution is -2.17. The molecule has 1 aromatic rings. The molecule has 1 aliphatic carbocycles. The second-order valence-corrected chi connectivity index (χ2v) is 3.91. The van der Waals surface area contributed by atoms with Crippen molar-refractivity contribution in [3.05, 3.63) is 28.8 Å². The SMILES string of the molecule is FC(F)(F)Oc1ccc(Cl)c(C2CC2)c1. The number of hydrogen-bond acceptors (Lipinski definition) is 1. The van der Waals surface area contributed by atoms with Gasteiger partial charge in [0.1, 0.15) is 5.75 Å². The van der Waals surface area contributed by atoms with Crippen LogP contribution in [0.5, 0.6) is 5.75 Å². The van der Waals surface area contributed by atoms with E-state index in [1.165, 1.54) is 18.2 Å². The summed E-state index contributed by atoms with van der Waals surface area (Å²) in [7, 11) is 0. The number of ether oxygens (including phenoxy) is 1. The maximum atomic E-state index is 11.9. The summed E-state index contributed by atoms with van der Waals surface area (Å²) in [5.74, 6) is 0.100. The number of halogens is 4. The van der Waals surface area contributed by atoms with Crippen molar-refractivity contribution in [3.8, 4) is 5.75 Å². The quantitative estimate of drug-likeness (QED) is 0.751. The van der Waals surface area contributed by atoms with Crippen LogP contribution in [0.4, 0.5) is 13.2 Å². The van der Waals surface area contributed by atoms with Crippen LogP contribution in [0.2, 0.25) is 5.02 Å². The molecule has 2 rings (SSSR count). The molecular weight excluding hydrogens is 229 g/mol. The van der Waals surface area contributed by atoms with Gasteiger partial charge < -0.3 is 4.74 Å². The monoisotopic (exact) mass is 236 g/mol. The molecule has 0 radical (unpaired) electrons. The van der Waals surface area contributed by atoms with Crippen LogP contribution in [-0.4, -0.2) is 6.36 Å². The number of benzene rings is 1. The third-order valence-electron chi connectivity index (χ3n) is 2.22. The first-order chi connectivity index (χ1) is 6.96. The highest BCUT2D eigenvalue weighted by atomic mass is 35.5. The van der Waals surface area contributed by atoms with Crippen molar-refractivity contribution in [2.45, 2.75) is 25.1 Å². The van der Waals surface area contributed by atoms with E-state index in [9.17, 15) is 13.2 Å². The van der Waals surface area contributed by atoms with E-state index in [1.807, 2.05) is 0 Å². The van der Waals surface area contributed by atoms with E-state index < -0.39 is 6.36 Å². The summed E-state index contributed by atoms with van der Waals surface area (Å²) < 4.78 is 39.6. The van der Waals surface area contributed by atoms with Gasteiger partial charge in [-0.15, -0.1) is 13.2 Å². The average Bonchev–Trinajstić information content (AvgIpc) is 2.88. The minimum atomic E-state index is -4.64. The summed E-state index contributed by atoms with van der Waals surface area (Å²) >= 11 is 5.87. The molecule has 5 heteroatoms. The third-order valence-corrected chi connectivity index (χ3v) is 2.56. The van der Waals surface area contributed by atoms with Gasteiger partial charge in [0.2, 0.25) is 0 Å². The molecule has 0 atom stereocenters. The van der Waals surface area contributed by atoms with Gasteiger partial charge in [0.15, 0.2) is 0 Å². The molecule has 0 aliphatic heterocycles. The van der Waals surface area contributed by atoms with Gasteiger partial charge in [-0.1, -0.05) is 11.6 Å². The molecule has 15 heavy (non-hydrogen) atoms. The second-order valence-electron chi connectivity index (χ2n) is 3.51. The summed E-state index contributed by atoms with van der Waals surface area (Å²) in [5.41, 5.74) is 0.749. The molecule has 1 fully saturated rings. The first-order valence-corrected chi connectivity index (χ1v) is 4.89. The summed E-state index contributed by atoms with van der Waals surface area (Å²) in [5, 5.41) is 0.507. The third kappa shape index (κ3) is 2.78. The van der Waals surface area contributed by atoms with Crippen LogP contribution < -0.4 is 4.74 Å². The van der Waals surface area contributed by atoms with Crippen molar-refractivity contribution in [3.63, 3.8) is 0 Å². The van der Waals surface area contributed by atoms with Gasteiger partial charge in [-0.3, -0.25) is 0 Å². The van der Waals surface area contributed by atoms with E-state index in [-0.39, 0.29) is 5.75 Å². The van der Waals surface area contributed by atoms with Crippen LogP contribution in [0.1, 0.15) is 24.3 Å². The highest BCUT2D eigenvalue weighted by Gasteiger charge is 2.32. The van der Waals surface area contributed by atoms with E-state index in [0.717, 1.165) is 18.4 Å². The first kappa shape index (κ1) is 10.6. The van der Waals surface area contributed by atoms with Crippen molar-refractivity contribution in [2.24, 2.45) is 0 Å². The minimum Gasteiger partial charge on any atom is -0.406 e. The molecule has 0 amide bonds. The van der Waals surface area contributed by atoms with Crippen LogP contribution in [0.3, 0.4) is 0 Å². The van der Waals surface area contributed by atoms with Gasteiger partial charge in [0, 0.05) is 5.02 Å². The highest BCUT2D eigenvalue weighted by Crippen LogP contribution is 2.44. The van der Waals surface area contributed by atoms with Gasteiger partial charge in [0.05, 0.1) is 0 Å². The Labute approximate surface area is 89.8 Å². The lowest BCUT2D eigenvalue weighted by Gasteiger charge is -2.10. The molecule has 82 valence electrons. The Balaban J connectivity index is 2.22. The van der Waals surface area contributed by atoms with Gasteiger partial charge in [0.25, 0.3) is 0 Å². The van der Waals surface area contributed by atoms with Crippen molar-refractivity contribution < 1.29 is 17.9 Å². The first-order valence-electron chi connectivity index (χ1n) is 4.51. The fraction of sp³-hybridized carbons (Fsp3) is 0.400. The Kier molecular flexibility index (Phi) is 2.54.